The largest absolute Gasteiger partial charge is 0.332 e. The zero-order chi connectivity index (χ0) is 18.3. The van der Waals surface area contributed by atoms with Gasteiger partial charge in [-0.15, -0.1) is 0 Å². The third-order valence-corrected chi connectivity index (χ3v) is 7.35. The highest BCUT2D eigenvalue weighted by atomic mass is 32.2. The Labute approximate surface area is 155 Å². The maximum Gasteiger partial charge on any atom is 0.332 e. The summed E-state index contributed by atoms with van der Waals surface area (Å²) in [5.41, 5.74) is 5.90. The number of sulfonamides is 1. The van der Waals surface area contributed by atoms with Crippen molar-refractivity contribution in [1.29, 1.82) is 0 Å². The van der Waals surface area contributed by atoms with Gasteiger partial charge in [0, 0.05) is 11.7 Å². The number of nitrogens with zero attached hydrogens (tertiary/aromatic N) is 1. The highest BCUT2D eigenvalue weighted by molar-refractivity contribution is 7.90. The number of likely N-dealkylation sites (tertiary alicyclic amines) is 1. The van der Waals surface area contributed by atoms with E-state index in [1.54, 1.807) is 0 Å². The number of hydrogen-bond donors (Lipinski definition) is 2. The van der Waals surface area contributed by atoms with Crippen molar-refractivity contribution < 1.29 is 13.2 Å². The van der Waals surface area contributed by atoms with Crippen LogP contribution in [0.25, 0.3) is 0 Å². The molecule has 2 aliphatic carbocycles. The molecule has 6 nitrogen and oxygen atoms in total. The molecule has 1 aromatic carbocycles. The van der Waals surface area contributed by atoms with Gasteiger partial charge in [-0.05, 0) is 87.2 Å². The van der Waals surface area contributed by atoms with E-state index in [0.29, 0.717) is 0 Å². The number of urea groups is 1. The zero-order valence-corrected chi connectivity index (χ0v) is 16.1. The lowest BCUT2D eigenvalue weighted by atomic mass is 9.99. The summed E-state index contributed by atoms with van der Waals surface area (Å²) in [6, 6.07) is 1.59. The molecule has 0 aromatic heterocycles. The molecule has 26 heavy (non-hydrogen) atoms. The van der Waals surface area contributed by atoms with Crippen molar-refractivity contribution in [1.82, 2.24) is 9.62 Å². The Balaban J connectivity index is 1.47. The molecular weight excluding hydrogens is 350 g/mol. The zero-order valence-electron chi connectivity index (χ0n) is 15.3. The smallest absolute Gasteiger partial charge is 0.307 e. The van der Waals surface area contributed by atoms with Crippen LogP contribution in [0.4, 0.5) is 10.5 Å². The summed E-state index contributed by atoms with van der Waals surface area (Å²) in [7, 11) is -3.65. The minimum absolute atomic E-state index is 0.0502. The van der Waals surface area contributed by atoms with Crippen LogP contribution in [0.2, 0.25) is 0 Å². The summed E-state index contributed by atoms with van der Waals surface area (Å²) in [4.78, 5) is 14.6. The summed E-state index contributed by atoms with van der Waals surface area (Å²) >= 11 is 0. The molecule has 142 valence electrons. The van der Waals surface area contributed by atoms with Gasteiger partial charge in [0.15, 0.2) is 0 Å². The van der Waals surface area contributed by atoms with E-state index in [9.17, 15) is 13.2 Å². The highest BCUT2D eigenvalue weighted by Gasteiger charge is 2.28. The number of nitrogens with one attached hydrogen (secondary N) is 2. The molecule has 7 heteroatoms. The third kappa shape index (κ3) is 3.47. The van der Waals surface area contributed by atoms with Crippen LogP contribution in [0.15, 0.2) is 6.07 Å². The number of benzene rings is 1. The molecule has 2 amide bonds. The Morgan fingerprint density at radius 1 is 1.08 bits per heavy atom. The molecule has 3 aliphatic rings. The second kappa shape index (κ2) is 6.85. The fraction of sp³-hybridized carbons (Fsp3) is 0.632. The van der Waals surface area contributed by atoms with E-state index in [4.69, 9.17) is 0 Å². The fourth-order valence-corrected chi connectivity index (χ4v) is 5.76. The molecule has 1 heterocycles. The van der Waals surface area contributed by atoms with Crippen LogP contribution >= 0.6 is 0 Å². The highest BCUT2D eigenvalue weighted by Crippen LogP contribution is 2.38. The molecule has 0 radical (unpaired) electrons. The number of carbonyl (C=O) groups excluding carboxylic acids is 1. The van der Waals surface area contributed by atoms with E-state index in [0.717, 1.165) is 63.7 Å². The van der Waals surface area contributed by atoms with Crippen LogP contribution in [0.1, 0.15) is 48.4 Å². The van der Waals surface area contributed by atoms with Gasteiger partial charge in [-0.25, -0.2) is 17.9 Å². The number of aryl methyl sites for hydroxylation is 2. The second-order valence-electron chi connectivity index (χ2n) is 7.81. The third-order valence-electron chi connectivity index (χ3n) is 5.93. The quantitative estimate of drug-likeness (QED) is 0.825. The molecule has 2 N–H and O–H groups in total. The van der Waals surface area contributed by atoms with Crippen LogP contribution in [0.5, 0.6) is 0 Å². The number of carbonyl (C=O) groups is 1. The van der Waals surface area contributed by atoms with E-state index in [1.807, 2.05) is 6.92 Å². The van der Waals surface area contributed by atoms with Crippen molar-refractivity contribution in [3.8, 4) is 0 Å². The van der Waals surface area contributed by atoms with Crippen LogP contribution in [0, 0.1) is 0 Å². The summed E-state index contributed by atoms with van der Waals surface area (Å²) in [5.74, 6) is -0.0502. The standard InChI is InChI=1S/C19H27N3O3S/c1-13(22-9-4-10-22)12-26(24,25)21-19(23)20-18-16-7-2-5-14(16)11-15-6-3-8-17(15)18/h11,13H,2-10,12H2,1H3,(H2,20,21,23). The molecular formula is C19H27N3O3S. The molecule has 1 atom stereocenters. The average molecular weight is 378 g/mol. The normalized spacial score (nSPS) is 20.2. The summed E-state index contributed by atoms with van der Waals surface area (Å²) in [5, 5.41) is 2.89. The maximum absolute atomic E-state index is 12.4. The van der Waals surface area contributed by atoms with Crippen molar-refractivity contribution in [2.45, 2.75) is 57.9 Å². The first-order valence-corrected chi connectivity index (χ1v) is 11.3. The molecule has 1 unspecified atom stereocenters. The SMILES string of the molecule is CC(CS(=O)(=O)NC(=O)Nc1c2c(cc3c1CCC3)CCC2)N1CCC1. The van der Waals surface area contributed by atoms with Crippen LogP contribution < -0.4 is 10.0 Å². The molecule has 1 aromatic rings. The van der Waals surface area contributed by atoms with Gasteiger partial charge in [0.25, 0.3) is 0 Å². The lowest BCUT2D eigenvalue weighted by molar-refractivity contribution is 0.140. The maximum atomic E-state index is 12.4. The predicted molar refractivity (Wildman–Crippen MR) is 102 cm³/mol. The first-order valence-electron chi connectivity index (χ1n) is 9.65. The monoisotopic (exact) mass is 377 g/mol. The summed E-state index contributed by atoms with van der Waals surface area (Å²) in [6.45, 7) is 3.77. The minimum Gasteiger partial charge on any atom is -0.307 e. The van der Waals surface area contributed by atoms with Gasteiger partial charge in [-0.2, -0.15) is 0 Å². The van der Waals surface area contributed by atoms with E-state index < -0.39 is 16.1 Å². The molecule has 0 bridgehead atoms. The first-order chi connectivity index (χ1) is 12.4. The Kier molecular flexibility index (Phi) is 4.69. The molecule has 0 saturated carbocycles. The van der Waals surface area contributed by atoms with Gasteiger partial charge >= 0.3 is 6.03 Å². The van der Waals surface area contributed by atoms with Gasteiger partial charge < -0.3 is 5.32 Å². The number of anilines is 1. The van der Waals surface area contributed by atoms with Gasteiger partial charge in [0.05, 0.1) is 5.75 Å². The molecule has 1 aliphatic heterocycles. The average Bonchev–Trinajstić information content (AvgIpc) is 3.11. The Bertz CT molecular complexity index is 799. The lowest BCUT2D eigenvalue weighted by Crippen LogP contribution is -2.49. The Morgan fingerprint density at radius 3 is 2.23 bits per heavy atom. The van der Waals surface area contributed by atoms with Crippen molar-refractivity contribution >= 4 is 21.7 Å². The number of hydrogen-bond acceptors (Lipinski definition) is 4. The van der Waals surface area contributed by atoms with Gasteiger partial charge in [0.1, 0.15) is 0 Å². The van der Waals surface area contributed by atoms with E-state index in [-0.39, 0.29) is 11.8 Å². The van der Waals surface area contributed by atoms with Crippen LogP contribution in [0.3, 0.4) is 0 Å². The van der Waals surface area contributed by atoms with Crippen LogP contribution in [-0.4, -0.2) is 44.2 Å². The first kappa shape index (κ1) is 17.8. The molecule has 1 fully saturated rings. The second-order valence-corrected chi connectivity index (χ2v) is 9.58. The number of amides is 2. The predicted octanol–water partition coefficient (Wildman–Crippen LogP) is 2.21. The molecule has 0 spiro atoms. The van der Waals surface area contributed by atoms with Crippen LogP contribution in [-0.2, 0) is 35.7 Å². The van der Waals surface area contributed by atoms with Gasteiger partial charge in [0.2, 0.25) is 10.0 Å². The molecule has 4 rings (SSSR count). The van der Waals surface area contributed by atoms with E-state index >= 15 is 0 Å². The van der Waals surface area contributed by atoms with Crippen molar-refractivity contribution in [3.05, 3.63) is 28.3 Å². The van der Waals surface area contributed by atoms with Gasteiger partial charge in [-0.1, -0.05) is 6.07 Å². The summed E-state index contributed by atoms with van der Waals surface area (Å²) < 4.78 is 26.9. The van der Waals surface area contributed by atoms with E-state index in [2.05, 4.69) is 21.0 Å². The van der Waals surface area contributed by atoms with Crippen molar-refractivity contribution in [3.63, 3.8) is 0 Å². The molecule has 1 saturated heterocycles. The van der Waals surface area contributed by atoms with Gasteiger partial charge in [-0.3, -0.25) is 4.90 Å². The summed E-state index contributed by atoms with van der Waals surface area (Å²) in [6.07, 6.45) is 7.31. The number of rotatable bonds is 5. The topological polar surface area (TPSA) is 78.5 Å². The Hall–Kier alpha value is -1.60. The van der Waals surface area contributed by atoms with E-state index in [1.165, 1.54) is 22.3 Å². The fourth-order valence-electron chi connectivity index (χ4n) is 4.49. The Morgan fingerprint density at radius 2 is 1.69 bits per heavy atom. The minimum atomic E-state index is -3.65. The lowest BCUT2D eigenvalue weighted by Gasteiger charge is -2.36. The van der Waals surface area contributed by atoms with Crippen molar-refractivity contribution in [2.75, 3.05) is 24.2 Å². The van der Waals surface area contributed by atoms with Crippen molar-refractivity contribution in [2.24, 2.45) is 0 Å². The number of fused-ring (bicyclic) bond motifs is 2.